The first-order chi connectivity index (χ1) is 12.7. The molecule has 0 radical (unpaired) electrons. The van der Waals surface area contributed by atoms with E-state index in [2.05, 4.69) is 20.4 Å². The standard InChI is InChI=1S/C17H12F3N3O3S/c1-9(24)21-11-4-2-3-10(7-11)15(25)23-16-22-13-6-5-12(8-14(13)27-16)26-17(18,19)20/h2-8H,1H3,(H,21,24)(H,22,23,25). The highest BCUT2D eigenvalue weighted by atomic mass is 32.1. The second kappa shape index (κ2) is 7.23. The second-order valence-electron chi connectivity index (χ2n) is 5.41. The number of anilines is 2. The lowest BCUT2D eigenvalue weighted by Gasteiger charge is -2.07. The van der Waals surface area contributed by atoms with Gasteiger partial charge in [0.2, 0.25) is 5.91 Å². The molecule has 0 saturated carbocycles. The zero-order valence-electron chi connectivity index (χ0n) is 13.8. The van der Waals surface area contributed by atoms with Gasteiger partial charge in [0.25, 0.3) is 5.91 Å². The largest absolute Gasteiger partial charge is 0.573 e. The van der Waals surface area contributed by atoms with E-state index in [0.29, 0.717) is 21.5 Å². The molecule has 0 saturated heterocycles. The lowest BCUT2D eigenvalue weighted by atomic mass is 10.2. The van der Waals surface area contributed by atoms with Crippen molar-refractivity contribution >= 4 is 44.2 Å². The van der Waals surface area contributed by atoms with E-state index in [0.717, 1.165) is 17.4 Å². The smallest absolute Gasteiger partial charge is 0.406 e. The number of aromatic nitrogens is 1. The lowest BCUT2D eigenvalue weighted by molar-refractivity contribution is -0.274. The van der Waals surface area contributed by atoms with Crippen LogP contribution in [0.25, 0.3) is 10.2 Å². The number of nitrogens with zero attached hydrogens (tertiary/aromatic N) is 1. The van der Waals surface area contributed by atoms with Crippen LogP contribution in [0.1, 0.15) is 17.3 Å². The number of fused-ring (bicyclic) bond motifs is 1. The first kappa shape index (κ1) is 18.6. The van der Waals surface area contributed by atoms with Crippen LogP contribution in [0.4, 0.5) is 24.0 Å². The molecule has 1 aromatic heterocycles. The maximum atomic E-state index is 12.4. The quantitative estimate of drug-likeness (QED) is 0.686. The zero-order chi connectivity index (χ0) is 19.6. The molecule has 140 valence electrons. The van der Waals surface area contributed by atoms with E-state index in [9.17, 15) is 22.8 Å². The van der Waals surface area contributed by atoms with Gasteiger partial charge in [-0.3, -0.25) is 14.9 Å². The Balaban J connectivity index is 1.78. The normalized spacial score (nSPS) is 11.3. The minimum atomic E-state index is -4.78. The van der Waals surface area contributed by atoms with Crippen LogP contribution in [-0.2, 0) is 4.79 Å². The lowest BCUT2D eigenvalue weighted by Crippen LogP contribution is -2.16. The van der Waals surface area contributed by atoms with Gasteiger partial charge in [0, 0.05) is 24.2 Å². The number of carbonyl (C=O) groups is 2. The minimum Gasteiger partial charge on any atom is -0.406 e. The van der Waals surface area contributed by atoms with Crippen molar-refractivity contribution in [2.75, 3.05) is 10.6 Å². The number of thiazole rings is 1. The van der Waals surface area contributed by atoms with E-state index in [4.69, 9.17) is 0 Å². The molecule has 2 N–H and O–H groups in total. The summed E-state index contributed by atoms with van der Waals surface area (Å²) >= 11 is 1.02. The summed E-state index contributed by atoms with van der Waals surface area (Å²) < 4.78 is 41.2. The highest BCUT2D eigenvalue weighted by Crippen LogP contribution is 2.31. The molecule has 3 aromatic rings. The van der Waals surface area contributed by atoms with Crippen LogP contribution in [0, 0.1) is 0 Å². The monoisotopic (exact) mass is 395 g/mol. The number of benzene rings is 2. The summed E-state index contributed by atoms with van der Waals surface area (Å²) in [4.78, 5) is 27.6. The summed E-state index contributed by atoms with van der Waals surface area (Å²) in [6, 6.07) is 10.0. The summed E-state index contributed by atoms with van der Waals surface area (Å²) in [5.41, 5.74) is 1.19. The van der Waals surface area contributed by atoms with Crippen molar-refractivity contribution in [2.24, 2.45) is 0 Å². The Morgan fingerprint density at radius 2 is 1.89 bits per heavy atom. The number of hydrogen-bond donors (Lipinski definition) is 2. The highest BCUT2D eigenvalue weighted by Gasteiger charge is 2.31. The number of carbonyl (C=O) groups excluding carboxylic acids is 2. The molecule has 0 bridgehead atoms. The molecule has 1 heterocycles. The molecule has 0 aliphatic carbocycles. The van der Waals surface area contributed by atoms with Gasteiger partial charge < -0.3 is 10.1 Å². The molecule has 0 aliphatic heterocycles. The number of nitrogens with one attached hydrogen (secondary N) is 2. The Hall–Kier alpha value is -3.14. The molecular weight excluding hydrogens is 383 g/mol. The van der Waals surface area contributed by atoms with Crippen molar-refractivity contribution in [3.8, 4) is 5.75 Å². The molecule has 6 nitrogen and oxygen atoms in total. The van der Waals surface area contributed by atoms with Gasteiger partial charge in [0.15, 0.2) is 5.13 Å². The summed E-state index contributed by atoms with van der Waals surface area (Å²) in [5.74, 6) is -1.09. The Kier molecular flexibility index (Phi) is 5.00. The first-order valence-electron chi connectivity index (χ1n) is 7.55. The van der Waals surface area contributed by atoms with Gasteiger partial charge in [-0.2, -0.15) is 0 Å². The molecule has 0 fully saturated rings. The van der Waals surface area contributed by atoms with Crippen LogP contribution in [0.3, 0.4) is 0 Å². The molecule has 0 atom stereocenters. The Morgan fingerprint density at radius 3 is 2.59 bits per heavy atom. The van der Waals surface area contributed by atoms with Crippen molar-refractivity contribution in [3.63, 3.8) is 0 Å². The predicted molar refractivity (Wildman–Crippen MR) is 95.0 cm³/mol. The summed E-state index contributed by atoms with van der Waals surface area (Å²) in [6.07, 6.45) is -4.78. The van der Waals surface area contributed by atoms with Crippen molar-refractivity contribution in [2.45, 2.75) is 13.3 Å². The first-order valence-corrected chi connectivity index (χ1v) is 8.36. The Bertz CT molecular complexity index is 1020. The van der Waals surface area contributed by atoms with Gasteiger partial charge >= 0.3 is 6.36 Å². The van der Waals surface area contributed by atoms with E-state index in [1.54, 1.807) is 18.2 Å². The van der Waals surface area contributed by atoms with E-state index in [-0.39, 0.29) is 16.8 Å². The van der Waals surface area contributed by atoms with Gasteiger partial charge in [-0.25, -0.2) is 4.98 Å². The van der Waals surface area contributed by atoms with Crippen LogP contribution in [0.2, 0.25) is 0 Å². The molecule has 0 aliphatic rings. The van der Waals surface area contributed by atoms with Crippen LogP contribution in [0.15, 0.2) is 42.5 Å². The molecule has 0 spiro atoms. The van der Waals surface area contributed by atoms with Crippen molar-refractivity contribution in [3.05, 3.63) is 48.0 Å². The van der Waals surface area contributed by atoms with Gasteiger partial charge in [0.1, 0.15) is 5.75 Å². The van der Waals surface area contributed by atoms with E-state index >= 15 is 0 Å². The number of amides is 2. The van der Waals surface area contributed by atoms with Gasteiger partial charge in [-0.1, -0.05) is 17.4 Å². The van der Waals surface area contributed by atoms with Gasteiger partial charge in [-0.15, -0.1) is 13.2 Å². The maximum absolute atomic E-state index is 12.4. The van der Waals surface area contributed by atoms with Crippen molar-refractivity contribution in [1.82, 2.24) is 4.98 Å². The second-order valence-corrected chi connectivity index (χ2v) is 6.44. The number of ether oxygens (including phenoxy) is 1. The molecule has 27 heavy (non-hydrogen) atoms. The fourth-order valence-corrected chi connectivity index (χ4v) is 3.16. The number of hydrogen-bond acceptors (Lipinski definition) is 5. The minimum absolute atomic E-state index is 0.226. The number of halogens is 3. The molecule has 2 aromatic carbocycles. The van der Waals surface area contributed by atoms with E-state index < -0.39 is 12.3 Å². The fourth-order valence-electron chi connectivity index (χ4n) is 2.27. The van der Waals surface area contributed by atoms with Crippen LogP contribution < -0.4 is 15.4 Å². The number of rotatable bonds is 4. The molecule has 3 rings (SSSR count). The molecule has 10 heteroatoms. The average Bonchev–Trinajstić information content (AvgIpc) is 2.94. The Labute approximate surface area is 155 Å². The maximum Gasteiger partial charge on any atom is 0.573 e. The van der Waals surface area contributed by atoms with Crippen LogP contribution in [-0.4, -0.2) is 23.2 Å². The van der Waals surface area contributed by atoms with Crippen LogP contribution in [0.5, 0.6) is 5.75 Å². The zero-order valence-corrected chi connectivity index (χ0v) is 14.6. The third-order valence-electron chi connectivity index (χ3n) is 3.26. The number of alkyl halides is 3. The SMILES string of the molecule is CC(=O)Nc1cccc(C(=O)Nc2nc3ccc(OC(F)(F)F)cc3s2)c1. The average molecular weight is 395 g/mol. The van der Waals surface area contributed by atoms with Crippen LogP contribution >= 0.6 is 11.3 Å². The highest BCUT2D eigenvalue weighted by molar-refractivity contribution is 7.22. The van der Waals surface area contributed by atoms with Crippen molar-refractivity contribution in [1.29, 1.82) is 0 Å². The van der Waals surface area contributed by atoms with Crippen molar-refractivity contribution < 1.29 is 27.5 Å². The van der Waals surface area contributed by atoms with Gasteiger partial charge in [0.05, 0.1) is 10.2 Å². The molecular formula is C17H12F3N3O3S. The molecule has 0 unspecified atom stereocenters. The summed E-state index contributed by atoms with van der Waals surface area (Å²) in [5, 5.41) is 5.39. The summed E-state index contributed by atoms with van der Waals surface area (Å²) in [6.45, 7) is 1.35. The van der Waals surface area contributed by atoms with Gasteiger partial charge in [-0.05, 0) is 30.3 Å². The van der Waals surface area contributed by atoms with E-state index in [1.807, 2.05) is 0 Å². The third-order valence-corrected chi connectivity index (χ3v) is 4.19. The molecule has 2 amide bonds. The Morgan fingerprint density at radius 1 is 1.11 bits per heavy atom. The summed E-state index contributed by atoms with van der Waals surface area (Å²) in [7, 11) is 0. The fraction of sp³-hybridized carbons (Fsp3) is 0.118. The van der Waals surface area contributed by atoms with E-state index in [1.165, 1.54) is 25.1 Å². The third kappa shape index (κ3) is 4.94. The topological polar surface area (TPSA) is 80.3 Å². The predicted octanol–water partition coefficient (Wildman–Crippen LogP) is 4.41.